The van der Waals surface area contributed by atoms with Gasteiger partial charge in [0.05, 0.1) is 0 Å². The zero-order valence-electron chi connectivity index (χ0n) is 12.7. The predicted molar refractivity (Wildman–Crippen MR) is 88.0 cm³/mol. The van der Waals surface area contributed by atoms with E-state index in [0.29, 0.717) is 11.6 Å². The molecule has 0 bridgehead atoms. The van der Waals surface area contributed by atoms with Gasteiger partial charge in [-0.3, -0.25) is 0 Å². The fourth-order valence-electron chi connectivity index (χ4n) is 2.02. The molecular formula is C16H19N3OS. The first-order chi connectivity index (χ1) is 9.86. The number of thiocarbonyl (C=S) groups is 1. The average Bonchev–Trinajstić information content (AvgIpc) is 2.37. The van der Waals surface area contributed by atoms with E-state index in [-0.39, 0.29) is 11.0 Å². The molecule has 1 aromatic carbocycles. The van der Waals surface area contributed by atoms with Crippen molar-refractivity contribution in [3.05, 3.63) is 46.8 Å². The largest absolute Gasteiger partial charge is 0.424 e. The summed E-state index contributed by atoms with van der Waals surface area (Å²) in [4.78, 5) is 8.79. The maximum atomic E-state index is 5.89. The summed E-state index contributed by atoms with van der Waals surface area (Å²) in [6, 6.07) is 8.14. The Morgan fingerprint density at radius 3 is 2.52 bits per heavy atom. The molecule has 0 atom stereocenters. The van der Waals surface area contributed by atoms with E-state index in [1.807, 2.05) is 19.9 Å². The van der Waals surface area contributed by atoms with Gasteiger partial charge in [-0.25, -0.2) is 4.98 Å². The average molecular weight is 301 g/mol. The second kappa shape index (κ2) is 6.18. The molecule has 2 rings (SSSR count). The van der Waals surface area contributed by atoms with Crippen molar-refractivity contribution in [1.82, 2.24) is 9.97 Å². The third-order valence-electron chi connectivity index (χ3n) is 3.08. The summed E-state index contributed by atoms with van der Waals surface area (Å²) in [6.07, 6.45) is 0. The fraction of sp³-hybridized carbons (Fsp3) is 0.312. The number of aryl methyl sites for hydroxylation is 2. The Bertz CT molecular complexity index is 683. The molecule has 0 saturated heterocycles. The summed E-state index contributed by atoms with van der Waals surface area (Å²) in [5, 5.41) is 0. The highest BCUT2D eigenvalue weighted by molar-refractivity contribution is 7.80. The van der Waals surface area contributed by atoms with Crippen LogP contribution in [0.1, 0.15) is 42.3 Å². The molecule has 0 unspecified atom stereocenters. The minimum Gasteiger partial charge on any atom is -0.424 e. The lowest BCUT2D eigenvalue weighted by Gasteiger charge is -2.14. The summed E-state index contributed by atoms with van der Waals surface area (Å²) in [5.41, 5.74) is 9.15. The summed E-state index contributed by atoms with van der Waals surface area (Å²) in [7, 11) is 0. The molecule has 110 valence electrons. The molecule has 0 aliphatic rings. The van der Waals surface area contributed by atoms with Gasteiger partial charge >= 0.3 is 6.01 Å². The van der Waals surface area contributed by atoms with Gasteiger partial charge in [0.15, 0.2) is 0 Å². The number of ether oxygens (including phenoxy) is 1. The molecule has 1 heterocycles. The number of hydrogen-bond donors (Lipinski definition) is 1. The minimum absolute atomic E-state index is 0.235. The van der Waals surface area contributed by atoms with E-state index in [2.05, 4.69) is 35.9 Å². The highest BCUT2D eigenvalue weighted by Gasteiger charge is 2.12. The molecule has 5 heteroatoms. The summed E-state index contributed by atoms with van der Waals surface area (Å²) in [5.74, 6) is 1.12. The topological polar surface area (TPSA) is 61.0 Å². The van der Waals surface area contributed by atoms with Crippen LogP contribution in [0.5, 0.6) is 11.8 Å². The molecule has 0 saturated carbocycles. The number of nitrogens with two attached hydrogens (primary N) is 1. The van der Waals surface area contributed by atoms with Crippen molar-refractivity contribution in [1.29, 1.82) is 0 Å². The monoisotopic (exact) mass is 301 g/mol. The molecule has 0 radical (unpaired) electrons. The van der Waals surface area contributed by atoms with Crippen molar-refractivity contribution in [2.75, 3.05) is 0 Å². The molecule has 2 N–H and O–H groups in total. The molecule has 0 fully saturated rings. The Hall–Kier alpha value is -2.01. The van der Waals surface area contributed by atoms with E-state index in [0.717, 1.165) is 22.6 Å². The summed E-state index contributed by atoms with van der Waals surface area (Å²) < 4.78 is 5.89. The van der Waals surface area contributed by atoms with E-state index in [1.54, 1.807) is 6.07 Å². The molecular weight excluding hydrogens is 282 g/mol. The van der Waals surface area contributed by atoms with E-state index >= 15 is 0 Å². The van der Waals surface area contributed by atoms with Crippen LogP contribution >= 0.6 is 12.2 Å². The van der Waals surface area contributed by atoms with Gasteiger partial charge in [-0.1, -0.05) is 38.2 Å². The Morgan fingerprint density at radius 1 is 1.19 bits per heavy atom. The third kappa shape index (κ3) is 3.76. The highest BCUT2D eigenvalue weighted by atomic mass is 32.1. The molecule has 0 aliphatic heterocycles. The van der Waals surface area contributed by atoms with Crippen LogP contribution in [0.4, 0.5) is 0 Å². The van der Waals surface area contributed by atoms with Gasteiger partial charge in [0.2, 0.25) is 0 Å². The van der Waals surface area contributed by atoms with Gasteiger partial charge in [-0.2, -0.15) is 4.98 Å². The SMILES string of the molecule is Cc1ccc(C(C)C)c(Oc2nc(C)cc(C(N)=S)n2)c1. The van der Waals surface area contributed by atoms with Gasteiger partial charge in [0.25, 0.3) is 0 Å². The van der Waals surface area contributed by atoms with Crippen molar-refractivity contribution in [3.63, 3.8) is 0 Å². The molecule has 0 amide bonds. The van der Waals surface area contributed by atoms with Crippen LogP contribution in [-0.2, 0) is 0 Å². The number of aromatic nitrogens is 2. The van der Waals surface area contributed by atoms with E-state index in [1.165, 1.54) is 0 Å². The van der Waals surface area contributed by atoms with Crippen LogP contribution in [0.25, 0.3) is 0 Å². The lowest BCUT2D eigenvalue weighted by atomic mass is 10.0. The number of rotatable bonds is 4. The summed E-state index contributed by atoms with van der Waals surface area (Å²) >= 11 is 4.97. The minimum atomic E-state index is 0.235. The van der Waals surface area contributed by atoms with E-state index in [4.69, 9.17) is 22.7 Å². The second-order valence-electron chi connectivity index (χ2n) is 5.34. The summed E-state index contributed by atoms with van der Waals surface area (Å²) in [6.45, 7) is 8.12. The van der Waals surface area contributed by atoms with Crippen LogP contribution in [-0.4, -0.2) is 15.0 Å². The Balaban J connectivity index is 2.42. The molecule has 2 aromatic rings. The van der Waals surface area contributed by atoms with Gasteiger partial charge in [-0.05, 0) is 43.0 Å². The lowest BCUT2D eigenvalue weighted by molar-refractivity contribution is 0.432. The van der Waals surface area contributed by atoms with Gasteiger partial charge < -0.3 is 10.5 Å². The Morgan fingerprint density at radius 2 is 1.90 bits per heavy atom. The van der Waals surface area contributed by atoms with Crippen LogP contribution in [0, 0.1) is 13.8 Å². The standard InChI is InChI=1S/C16H19N3OS/c1-9(2)12-6-5-10(3)7-14(12)20-16-18-11(4)8-13(19-16)15(17)21/h5-9H,1-4H3,(H2,17,21). The maximum absolute atomic E-state index is 5.89. The highest BCUT2D eigenvalue weighted by Crippen LogP contribution is 2.30. The molecule has 0 aliphatic carbocycles. The van der Waals surface area contributed by atoms with Crippen molar-refractivity contribution < 1.29 is 4.74 Å². The van der Waals surface area contributed by atoms with Gasteiger partial charge in [-0.15, -0.1) is 0 Å². The van der Waals surface area contributed by atoms with Crippen molar-refractivity contribution >= 4 is 17.2 Å². The third-order valence-corrected chi connectivity index (χ3v) is 3.29. The Kier molecular flexibility index (Phi) is 4.53. The molecule has 21 heavy (non-hydrogen) atoms. The molecule has 4 nitrogen and oxygen atoms in total. The first kappa shape index (κ1) is 15.4. The van der Waals surface area contributed by atoms with Crippen molar-refractivity contribution in [2.45, 2.75) is 33.6 Å². The quantitative estimate of drug-likeness (QED) is 0.874. The van der Waals surface area contributed by atoms with E-state index < -0.39 is 0 Å². The van der Waals surface area contributed by atoms with Crippen molar-refractivity contribution in [3.8, 4) is 11.8 Å². The first-order valence-electron chi connectivity index (χ1n) is 6.80. The molecule has 0 spiro atoms. The maximum Gasteiger partial charge on any atom is 0.322 e. The fourth-order valence-corrected chi connectivity index (χ4v) is 2.12. The number of hydrogen-bond acceptors (Lipinski definition) is 4. The van der Waals surface area contributed by atoms with Gasteiger partial charge in [0, 0.05) is 5.69 Å². The zero-order chi connectivity index (χ0) is 15.6. The van der Waals surface area contributed by atoms with E-state index in [9.17, 15) is 0 Å². The molecule has 1 aromatic heterocycles. The van der Waals surface area contributed by atoms with Crippen LogP contribution in [0.15, 0.2) is 24.3 Å². The zero-order valence-corrected chi connectivity index (χ0v) is 13.5. The normalized spacial score (nSPS) is 10.7. The van der Waals surface area contributed by atoms with Crippen molar-refractivity contribution in [2.24, 2.45) is 5.73 Å². The second-order valence-corrected chi connectivity index (χ2v) is 5.78. The predicted octanol–water partition coefficient (Wildman–Crippen LogP) is 3.64. The number of benzene rings is 1. The lowest BCUT2D eigenvalue weighted by Crippen LogP contribution is -2.13. The van der Waals surface area contributed by atoms with Crippen LogP contribution < -0.4 is 10.5 Å². The van der Waals surface area contributed by atoms with Crippen LogP contribution in [0.2, 0.25) is 0 Å². The van der Waals surface area contributed by atoms with Crippen LogP contribution in [0.3, 0.4) is 0 Å². The number of nitrogens with zero attached hydrogens (tertiary/aromatic N) is 2. The first-order valence-corrected chi connectivity index (χ1v) is 7.21. The van der Waals surface area contributed by atoms with Gasteiger partial charge in [0.1, 0.15) is 16.4 Å². The smallest absolute Gasteiger partial charge is 0.322 e. The Labute approximate surface area is 130 Å².